The van der Waals surface area contributed by atoms with Crippen LogP contribution < -0.4 is 15.1 Å². The molecule has 0 aliphatic carbocycles. The molecule has 46 heavy (non-hydrogen) atoms. The second-order valence-corrected chi connectivity index (χ2v) is 11.4. The number of aromatic carboxylic acids is 1. The number of hydrogen-bond acceptors (Lipinski definition) is 10. The number of aromatic nitrogens is 3. The van der Waals surface area contributed by atoms with Crippen molar-refractivity contribution in [3.8, 4) is 18.2 Å². The average molecular weight is 628 g/mol. The fourth-order valence-corrected chi connectivity index (χ4v) is 6.06. The Kier molecular flexibility index (Phi) is 7.98. The smallest absolute Gasteiger partial charge is 0.356 e. The Balaban J connectivity index is 1.32. The summed E-state index contributed by atoms with van der Waals surface area (Å²) in [5.41, 5.74) is 5.21. The minimum atomic E-state index is -1.20. The first-order valence-electron chi connectivity index (χ1n) is 14.5. The average Bonchev–Trinajstić information content (AvgIpc) is 3.07. The number of anilines is 3. The van der Waals surface area contributed by atoms with Crippen molar-refractivity contribution in [2.45, 2.75) is 19.9 Å². The number of nitrogens with zero attached hydrogens (tertiary/aromatic N) is 8. The molecule has 1 aliphatic heterocycles. The number of halogens is 1. The van der Waals surface area contributed by atoms with Crippen LogP contribution in [0.25, 0.3) is 21.8 Å². The van der Waals surface area contributed by atoms with Gasteiger partial charge in [0.25, 0.3) is 0 Å². The van der Waals surface area contributed by atoms with Crippen LogP contribution in [0.3, 0.4) is 0 Å². The third-order valence-corrected chi connectivity index (χ3v) is 8.31. The van der Waals surface area contributed by atoms with Crippen LogP contribution in [0.15, 0.2) is 54.6 Å². The van der Waals surface area contributed by atoms with Gasteiger partial charge in [-0.1, -0.05) is 23.7 Å². The number of piperazine rings is 1. The Morgan fingerprint density at radius 3 is 2.37 bits per heavy atom. The minimum absolute atomic E-state index is 0.0803. The zero-order valence-corrected chi connectivity index (χ0v) is 25.7. The highest BCUT2D eigenvalue weighted by Crippen LogP contribution is 2.33. The van der Waals surface area contributed by atoms with Crippen molar-refractivity contribution in [1.82, 2.24) is 15.0 Å². The Morgan fingerprint density at radius 1 is 0.913 bits per heavy atom. The number of nitrogens with one attached hydrogen (secondary N) is 1. The Morgan fingerprint density at radius 2 is 1.67 bits per heavy atom. The molecule has 0 unspecified atom stereocenters. The second kappa shape index (κ2) is 12.2. The van der Waals surface area contributed by atoms with E-state index in [1.165, 1.54) is 6.07 Å². The summed E-state index contributed by atoms with van der Waals surface area (Å²) in [5, 5.41) is 43.7. The number of nitriles is 3. The van der Waals surface area contributed by atoms with E-state index in [0.29, 0.717) is 59.8 Å². The van der Waals surface area contributed by atoms with Gasteiger partial charge in [-0.15, -0.1) is 0 Å². The molecule has 0 saturated carbocycles. The van der Waals surface area contributed by atoms with Crippen LogP contribution in [0.4, 0.5) is 17.2 Å². The van der Waals surface area contributed by atoms with Crippen molar-refractivity contribution >= 4 is 56.6 Å². The maximum Gasteiger partial charge on any atom is 0.356 e. The molecule has 11 nitrogen and oxygen atoms in total. The van der Waals surface area contributed by atoms with Gasteiger partial charge in [-0.05, 0) is 61.9 Å². The molecule has 0 radical (unpaired) electrons. The zero-order chi connectivity index (χ0) is 32.5. The normalized spacial score (nSPS) is 13.6. The molecule has 12 heteroatoms. The monoisotopic (exact) mass is 627 g/mol. The van der Waals surface area contributed by atoms with E-state index in [2.05, 4.69) is 38.3 Å². The molecule has 5 aromatic rings. The molecule has 2 aromatic heterocycles. The number of hydrogen-bond donors (Lipinski definition) is 2. The quantitative estimate of drug-likeness (QED) is 0.213. The lowest BCUT2D eigenvalue weighted by Crippen LogP contribution is -2.47. The summed E-state index contributed by atoms with van der Waals surface area (Å²) in [5.74, 6) is -0.721. The van der Waals surface area contributed by atoms with Crippen LogP contribution in [0, 0.1) is 40.9 Å². The summed E-state index contributed by atoms with van der Waals surface area (Å²) in [6, 6.07) is 22.3. The number of rotatable bonds is 6. The van der Waals surface area contributed by atoms with Crippen LogP contribution in [0.2, 0.25) is 5.15 Å². The van der Waals surface area contributed by atoms with Gasteiger partial charge in [-0.25, -0.2) is 19.7 Å². The summed E-state index contributed by atoms with van der Waals surface area (Å²) >= 11 is 5.95. The molecule has 3 heterocycles. The van der Waals surface area contributed by atoms with Crippen LogP contribution >= 0.6 is 11.6 Å². The van der Waals surface area contributed by atoms with Crippen LogP contribution in [0.1, 0.15) is 51.4 Å². The van der Waals surface area contributed by atoms with Crippen LogP contribution in [-0.4, -0.2) is 52.2 Å². The van der Waals surface area contributed by atoms with Crippen molar-refractivity contribution in [2.75, 3.05) is 41.3 Å². The standard InChI is InChI=1S/C34H26ClN9O2/c1-19-13-24(20(2)39-26-6-8-30(35)41-32(26)34(45)46)31-27(14-19)40-28(18-38)33(42-31)44-11-9-43(10-12-44)29-7-4-22(17-37)25-15-21(16-36)3-5-23(25)29/h3-8,13-15,20,39H,9-12H2,1-2H3,(H,45,46)/t20-/m1/s1. The number of pyridine rings is 1. The van der Waals surface area contributed by atoms with Crippen molar-refractivity contribution in [3.05, 3.63) is 93.4 Å². The predicted octanol–water partition coefficient (Wildman–Crippen LogP) is 5.95. The maximum absolute atomic E-state index is 11.8. The number of aryl methyl sites for hydroxylation is 1. The van der Waals surface area contributed by atoms with Gasteiger partial charge in [0.2, 0.25) is 0 Å². The van der Waals surface area contributed by atoms with Crippen molar-refractivity contribution in [2.24, 2.45) is 0 Å². The highest BCUT2D eigenvalue weighted by molar-refractivity contribution is 6.29. The summed E-state index contributed by atoms with van der Waals surface area (Å²) in [6.45, 7) is 6.23. The van der Waals surface area contributed by atoms with Gasteiger partial charge < -0.3 is 20.2 Å². The van der Waals surface area contributed by atoms with Gasteiger partial charge in [0.05, 0.1) is 46.0 Å². The van der Waals surface area contributed by atoms with E-state index in [9.17, 15) is 25.7 Å². The van der Waals surface area contributed by atoms with E-state index < -0.39 is 5.97 Å². The van der Waals surface area contributed by atoms with Gasteiger partial charge >= 0.3 is 5.97 Å². The van der Waals surface area contributed by atoms with E-state index in [0.717, 1.165) is 27.6 Å². The van der Waals surface area contributed by atoms with E-state index in [4.69, 9.17) is 21.6 Å². The van der Waals surface area contributed by atoms with E-state index in [-0.39, 0.29) is 22.6 Å². The molecule has 0 spiro atoms. The topological polar surface area (TPSA) is 166 Å². The highest BCUT2D eigenvalue weighted by Gasteiger charge is 2.25. The lowest BCUT2D eigenvalue weighted by atomic mass is 10.00. The van der Waals surface area contributed by atoms with E-state index in [1.54, 1.807) is 24.3 Å². The Bertz CT molecular complexity index is 2170. The first kappa shape index (κ1) is 30.1. The first-order valence-corrected chi connectivity index (χ1v) is 14.8. The highest BCUT2D eigenvalue weighted by atomic mass is 35.5. The molecular weight excluding hydrogens is 602 g/mol. The summed E-state index contributed by atoms with van der Waals surface area (Å²) in [6.07, 6.45) is 0. The fourth-order valence-electron chi connectivity index (χ4n) is 5.91. The van der Waals surface area contributed by atoms with Gasteiger partial charge in [-0.2, -0.15) is 15.8 Å². The number of carboxylic acid groups (broad SMARTS) is 1. The van der Waals surface area contributed by atoms with Crippen molar-refractivity contribution in [3.63, 3.8) is 0 Å². The van der Waals surface area contributed by atoms with E-state index >= 15 is 0 Å². The van der Waals surface area contributed by atoms with Crippen molar-refractivity contribution in [1.29, 1.82) is 15.8 Å². The third kappa shape index (κ3) is 5.54. The minimum Gasteiger partial charge on any atom is -0.476 e. The molecule has 3 aromatic carbocycles. The number of carboxylic acids is 1. The predicted molar refractivity (Wildman–Crippen MR) is 175 cm³/mol. The SMILES string of the molecule is Cc1cc([C@@H](C)Nc2ccc(Cl)nc2C(=O)O)c2nc(N3CCN(c4ccc(C#N)c5cc(C#N)ccc45)CC3)c(C#N)nc2c1. The van der Waals surface area contributed by atoms with Gasteiger partial charge in [-0.3, -0.25) is 0 Å². The number of benzene rings is 3. The van der Waals surface area contributed by atoms with Gasteiger partial charge in [0, 0.05) is 48.2 Å². The molecule has 1 fully saturated rings. The molecule has 1 atom stereocenters. The van der Waals surface area contributed by atoms with Crippen molar-refractivity contribution < 1.29 is 9.90 Å². The number of fused-ring (bicyclic) bond motifs is 2. The van der Waals surface area contributed by atoms with Crippen LogP contribution in [0.5, 0.6) is 0 Å². The molecule has 1 aliphatic rings. The summed E-state index contributed by atoms with van der Waals surface area (Å²) in [4.78, 5) is 29.8. The third-order valence-electron chi connectivity index (χ3n) is 8.10. The Hall–Kier alpha value is -5.96. The van der Waals surface area contributed by atoms with Gasteiger partial charge in [0.15, 0.2) is 17.2 Å². The summed E-state index contributed by atoms with van der Waals surface area (Å²) in [7, 11) is 0. The number of carbonyl (C=O) groups is 1. The molecule has 226 valence electrons. The van der Waals surface area contributed by atoms with E-state index in [1.807, 2.05) is 38.1 Å². The molecular formula is C34H26ClN9O2. The molecule has 0 bridgehead atoms. The molecule has 6 rings (SSSR count). The molecule has 2 N–H and O–H groups in total. The largest absolute Gasteiger partial charge is 0.476 e. The molecule has 1 saturated heterocycles. The maximum atomic E-state index is 11.8. The summed E-state index contributed by atoms with van der Waals surface area (Å²) < 4.78 is 0. The van der Waals surface area contributed by atoms with Crippen LogP contribution in [-0.2, 0) is 0 Å². The lowest BCUT2D eigenvalue weighted by Gasteiger charge is -2.37. The Labute approximate surface area is 269 Å². The fraction of sp³-hybridized carbons (Fsp3) is 0.206. The van der Waals surface area contributed by atoms with Gasteiger partial charge in [0.1, 0.15) is 11.2 Å². The zero-order valence-electron chi connectivity index (χ0n) is 24.9. The first-order chi connectivity index (χ1) is 22.2. The second-order valence-electron chi connectivity index (χ2n) is 11.0. The lowest BCUT2D eigenvalue weighted by molar-refractivity contribution is 0.0691. The molecule has 0 amide bonds.